The molecule has 0 aliphatic rings. The summed E-state index contributed by atoms with van der Waals surface area (Å²) in [7, 11) is 2.90. The van der Waals surface area contributed by atoms with Gasteiger partial charge >= 0.3 is 6.61 Å². The van der Waals surface area contributed by atoms with Gasteiger partial charge < -0.3 is 14.2 Å². The summed E-state index contributed by atoms with van der Waals surface area (Å²) < 4.78 is 39.8. The molecule has 0 radical (unpaired) electrons. The molecule has 0 bridgehead atoms. The third-order valence-corrected chi connectivity index (χ3v) is 2.95. The van der Waals surface area contributed by atoms with E-state index in [0.717, 1.165) is 0 Å². The Labute approximate surface area is 125 Å². The first-order valence-electron chi connectivity index (χ1n) is 5.88. The molecule has 0 fully saturated rings. The molecule has 0 N–H and O–H groups in total. The second-order valence-corrected chi connectivity index (χ2v) is 4.38. The Hall–Kier alpha value is -2.08. The van der Waals surface area contributed by atoms with E-state index in [4.69, 9.17) is 21.1 Å². The van der Waals surface area contributed by atoms with Crippen molar-refractivity contribution in [3.05, 3.63) is 35.5 Å². The second-order valence-electron chi connectivity index (χ2n) is 3.95. The van der Waals surface area contributed by atoms with E-state index in [1.54, 1.807) is 6.07 Å². The zero-order valence-corrected chi connectivity index (χ0v) is 12.0. The fourth-order valence-corrected chi connectivity index (χ4v) is 1.99. The topological polar surface area (TPSA) is 40.6 Å². The average molecular weight is 316 g/mol. The molecule has 21 heavy (non-hydrogen) atoms. The molecule has 2 aromatic rings. The summed E-state index contributed by atoms with van der Waals surface area (Å²) in [5.41, 5.74) is 0.850. The first kappa shape index (κ1) is 15.3. The number of benzene rings is 1. The number of hydrogen-bond donors (Lipinski definition) is 0. The van der Waals surface area contributed by atoms with E-state index in [1.165, 1.54) is 38.6 Å². The summed E-state index contributed by atoms with van der Waals surface area (Å²) in [6.07, 6.45) is 1.43. The first-order chi connectivity index (χ1) is 10.0. The minimum absolute atomic E-state index is 0.0130. The highest BCUT2D eigenvalue weighted by Crippen LogP contribution is 2.39. The van der Waals surface area contributed by atoms with Crippen LogP contribution in [-0.4, -0.2) is 25.8 Å². The summed E-state index contributed by atoms with van der Waals surface area (Å²) in [5.74, 6) is 0.687. The molecule has 0 amide bonds. The van der Waals surface area contributed by atoms with E-state index in [1.807, 2.05) is 0 Å². The zero-order chi connectivity index (χ0) is 15.4. The van der Waals surface area contributed by atoms with E-state index in [0.29, 0.717) is 27.8 Å². The van der Waals surface area contributed by atoms with E-state index in [2.05, 4.69) is 9.72 Å². The lowest BCUT2D eigenvalue weighted by Crippen LogP contribution is -2.03. The van der Waals surface area contributed by atoms with E-state index in [-0.39, 0.29) is 5.75 Å². The lowest BCUT2D eigenvalue weighted by Gasteiger charge is -2.14. The van der Waals surface area contributed by atoms with Crippen LogP contribution in [0.15, 0.2) is 30.5 Å². The van der Waals surface area contributed by atoms with Crippen molar-refractivity contribution < 1.29 is 23.0 Å². The van der Waals surface area contributed by atoms with Gasteiger partial charge in [-0.25, -0.2) is 4.98 Å². The smallest absolute Gasteiger partial charge is 0.387 e. The summed E-state index contributed by atoms with van der Waals surface area (Å²) in [4.78, 5) is 4.00. The van der Waals surface area contributed by atoms with E-state index in [9.17, 15) is 8.78 Å². The molecule has 0 unspecified atom stereocenters. The Morgan fingerprint density at radius 3 is 2.38 bits per heavy atom. The highest BCUT2D eigenvalue weighted by atomic mass is 35.5. The quantitative estimate of drug-likeness (QED) is 0.835. The summed E-state index contributed by atoms with van der Waals surface area (Å²) in [6.45, 7) is -2.94. The molecule has 112 valence electrons. The van der Waals surface area contributed by atoms with Crippen molar-refractivity contribution in [2.75, 3.05) is 14.2 Å². The van der Waals surface area contributed by atoms with Crippen molar-refractivity contribution in [2.24, 2.45) is 0 Å². The number of pyridine rings is 1. The van der Waals surface area contributed by atoms with Crippen LogP contribution in [0.4, 0.5) is 8.78 Å². The Morgan fingerprint density at radius 2 is 1.76 bits per heavy atom. The monoisotopic (exact) mass is 315 g/mol. The van der Waals surface area contributed by atoms with Gasteiger partial charge in [-0.15, -0.1) is 0 Å². The SMILES string of the molecule is COc1cc(-c2cc(Cl)ccc2OC(F)F)c(OC)cn1. The molecule has 1 aromatic carbocycles. The van der Waals surface area contributed by atoms with Crippen molar-refractivity contribution in [3.8, 4) is 28.5 Å². The molecule has 0 aliphatic carbocycles. The number of methoxy groups -OCH3 is 2. The number of rotatable bonds is 5. The molecule has 0 saturated carbocycles. The Morgan fingerprint density at radius 1 is 1.05 bits per heavy atom. The summed E-state index contributed by atoms with van der Waals surface area (Å²) >= 11 is 5.94. The largest absolute Gasteiger partial charge is 0.494 e. The first-order valence-corrected chi connectivity index (χ1v) is 6.25. The normalized spacial score (nSPS) is 10.6. The fraction of sp³-hybridized carbons (Fsp3) is 0.214. The predicted octanol–water partition coefficient (Wildman–Crippen LogP) is 4.02. The fourth-order valence-electron chi connectivity index (χ4n) is 1.82. The van der Waals surface area contributed by atoms with Crippen LogP contribution in [0.25, 0.3) is 11.1 Å². The molecule has 4 nitrogen and oxygen atoms in total. The van der Waals surface area contributed by atoms with Crippen LogP contribution < -0.4 is 14.2 Å². The molecule has 1 aromatic heterocycles. The van der Waals surface area contributed by atoms with Crippen molar-refractivity contribution in [1.82, 2.24) is 4.98 Å². The molecule has 0 atom stereocenters. The Kier molecular flexibility index (Phi) is 4.80. The van der Waals surface area contributed by atoms with Crippen molar-refractivity contribution in [2.45, 2.75) is 6.61 Å². The molecular formula is C14H12ClF2NO3. The minimum atomic E-state index is -2.94. The lowest BCUT2D eigenvalue weighted by molar-refractivity contribution is -0.0494. The number of halogens is 3. The number of nitrogens with zero attached hydrogens (tertiary/aromatic N) is 1. The molecule has 1 heterocycles. The van der Waals surface area contributed by atoms with Gasteiger partial charge in [0.05, 0.1) is 20.4 Å². The number of aromatic nitrogens is 1. The number of hydrogen-bond acceptors (Lipinski definition) is 4. The number of alkyl halides is 2. The molecule has 7 heteroatoms. The van der Waals surface area contributed by atoms with Gasteiger partial charge in [0.25, 0.3) is 0 Å². The predicted molar refractivity (Wildman–Crippen MR) is 74.4 cm³/mol. The van der Waals surface area contributed by atoms with Gasteiger partial charge in [-0.1, -0.05) is 11.6 Å². The molecule has 0 saturated heterocycles. The van der Waals surface area contributed by atoms with Crippen molar-refractivity contribution in [3.63, 3.8) is 0 Å². The van der Waals surface area contributed by atoms with Gasteiger partial charge in [-0.3, -0.25) is 0 Å². The van der Waals surface area contributed by atoms with Gasteiger partial charge in [-0.2, -0.15) is 8.78 Å². The van der Waals surface area contributed by atoms with Gasteiger partial charge in [0.2, 0.25) is 5.88 Å². The van der Waals surface area contributed by atoms with Gasteiger partial charge in [0.1, 0.15) is 11.5 Å². The second kappa shape index (κ2) is 6.58. The maximum Gasteiger partial charge on any atom is 0.387 e. The van der Waals surface area contributed by atoms with E-state index < -0.39 is 6.61 Å². The lowest BCUT2D eigenvalue weighted by atomic mass is 10.0. The standard InChI is InChI=1S/C14H12ClF2NO3/c1-19-12-7-18-13(20-2)6-10(12)9-5-8(15)3-4-11(9)21-14(16)17/h3-7,14H,1-2H3. The molecular weight excluding hydrogens is 304 g/mol. The molecule has 0 aliphatic heterocycles. The van der Waals surface area contributed by atoms with Crippen LogP contribution in [0.2, 0.25) is 5.02 Å². The Balaban J connectivity index is 2.61. The molecule has 2 rings (SSSR count). The summed E-state index contributed by atoms with van der Waals surface area (Å²) in [5, 5.41) is 0.379. The van der Waals surface area contributed by atoms with Gasteiger partial charge in [0, 0.05) is 22.2 Å². The van der Waals surface area contributed by atoms with Crippen LogP contribution in [-0.2, 0) is 0 Å². The van der Waals surface area contributed by atoms with Gasteiger partial charge in [-0.05, 0) is 18.2 Å². The third kappa shape index (κ3) is 3.52. The highest BCUT2D eigenvalue weighted by Gasteiger charge is 2.16. The molecule has 0 spiro atoms. The maximum atomic E-state index is 12.5. The highest BCUT2D eigenvalue weighted by molar-refractivity contribution is 6.31. The van der Waals surface area contributed by atoms with Crippen LogP contribution in [0, 0.1) is 0 Å². The van der Waals surface area contributed by atoms with Crippen molar-refractivity contribution in [1.29, 1.82) is 0 Å². The maximum absolute atomic E-state index is 12.5. The van der Waals surface area contributed by atoms with Crippen LogP contribution in [0.5, 0.6) is 17.4 Å². The summed E-state index contributed by atoms with van der Waals surface area (Å²) in [6, 6.07) is 5.91. The zero-order valence-electron chi connectivity index (χ0n) is 11.3. The van der Waals surface area contributed by atoms with Crippen LogP contribution >= 0.6 is 11.6 Å². The van der Waals surface area contributed by atoms with Crippen LogP contribution in [0.1, 0.15) is 0 Å². The Bertz CT molecular complexity index is 638. The van der Waals surface area contributed by atoms with Gasteiger partial charge in [0.15, 0.2) is 0 Å². The third-order valence-electron chi connectivity index (χ3n) is 2.72. The number of ether oxygens (including phenoxy) is 3. The van der Waals surface area contributed by atoms with Crippen molar-refractivity contribution >= 4 is 11.6 Å². The minimum Gasteiger partial charge on any atom is -0.494 e. The average Bonchev–Trinajstić information content (AvgIpc) is 2.48. The van der Waals surface area contributed by atoms with E-state index >= 15 is 0 Å². The van der Waals surface area contributed by atoms with Crippen LogP contribution in [0.3, 0.4) is 0 Å².